The van der Waals surface area contributed by atoms with Crippen molar-refractivity contribution in [2.75, 3.05) is 18.4 Å². The molecule has 3 heterocycles. The minimum absolute atomic E-state index is 0.0221. The van der Waals surface area contributed by atoms with Crippen molar-refractivity contribution in [1.82, 2.24) is 14.3 Å². The van der Waals surface area contributed by atoms with E-state index in [1.807, 2.05) is 44.2 Å². The number of nitrogens with zero attached hydrogens (tertiary/aromatic N) is 3. The summed E-state index contributed by atoms with van der Waals surface area (Å²) in [5, 5.41) is 2.88. The second kappa shape index (κ2) is 7.95. The molecule has 0 unspecified atom stereocenters. The van der Waals surface area contributed by atoms with E-state index in [9.17, 15) is 9.59 Å². The van der Waals surface area contributed by atoms with Crippen LogP contribution in [0.15, 0.2) is 48.7 Å². The number of nitrogens with one attached hydrogen (secondary N) is 1. The molecule has 0 aliphatic carbocycles. The van der Waals surface area contributed by atoms with Crippen LogP contribution in [-0.4, -0.2) is 45.3 Å². The lowest BCUT2D eigenvalue weighted by atomic mass is 10.2. The predicted octanol–water partition coefficient (Wildman–Crippen LogP) is 3.61. The van der Waals surface area contributed by atoms with Crippen LogP contribution in [0.2, 0.25) is 0 Å². The average Bonchev–Trinajstić information content (AvgIpc) is 3.37. The molecule has 0 radical (unpaired) electrons. The minimum Gasteiger partial charge on any atom is -0.489 e. The van der Waals surface area contributed by atoms with Crippen molar-refractivity contribution in [3.8, 4) is 5.75 Å². The number of rotatable bonds is 5. The fraction of sp³-hybridized carbons (Fsp3) is 0.318. The standard InChI is InChI=1S/C22H24N4O3/c1-15(2)29-18-11-4-3-9-16(18)23-21(27)19-17-10-5-6-14-26(17)20(24-19)22(28)25-12-7-8-13-25/h3-6,9-11,14-15H,7-8,12-13H2,1-2H3,(H,23,27). The third kappa shape index (κ3) is 3.81. The van der Waals surface area contributed by atoms with Crippen LogP contribution in [0.5, 0.6) is 5.75 Å². The van der Waals surface area contributed by atoms with Gasteiger partial charge in [0.25, 0.3) is 11.8 Å². The van der Waals surface area contributed by atoms with E-state index in [2.05, 4.69) is 10.3 Å². The number of hydrogen-bond acceptors (Lipinski definition) is 4. The van der Waals surface area contributed by atoms with Gasteiger partial charge in [0.15, 0.2) is 5.69 Å². The zero-order chi connectivity index (χ0) is 20.4. The van der Waals surface area contributed by atoms with Crippen LogP contribution in [0, 0.1) is 0 Å². The largest absolute Gasteiger partial charge is 0.489 e. The summed E-state index contributed by atoms with van der Waals surface area (Å²) in [6, 6.07) is 12.7. The van der Waals surface area contributed by atoms with Gasteiger partial charge in [-0.3, -0.25) is 14.0 Å². The van der Waals surface area contributed by atoms with E-state index in [0.717, 1.165) is 25.9 Å². The van der Waals surface area contributed by atoms with E-state index < -0.39 is 0 Å². The van der Waals surface area contributed by atoms with Gasteiger partial charge in [-0.2, -0.15) is 0 Å². The summed E-state index contributed by atoms with van der Waals surface area (Å²) in [6.07, 6.45) is 3.73. The normalized spacial score (nSPS) is 13.8. The summed E-state index contributed by atoms with van der Waals surface area (Å²) in [5.74, 6) is 0.326. The highest BCUT2D eigenvalue weighted by Crippen LogP contribution is 2.26. The summed E-state index contributed by atoms with van der Waals surface area (Å²) in [7, 11) is 0. The second-order valence-corrected chi connectivity index (χ2v) is 7.36. The highest BCUT2D eigenvalue weighted by molar-refractivity contribution is 6.09. The molecule has 1 aliphatic rings. The Kier molecular flexibility index (Phi) is 5.20. The number of carbonyl (C=O) groups is 2. The number of pyridine rings is 1. The molecule has 150 valence electrons. The van der Waals surface area contributed by atoms with Gasteiger partial charge in [0, 0.05) is 19.3 Å². The number of anilines is 1. The highest BCUT2D eigenvalue weighted by Gasteiger charge is 2.27. The minimum atomic E-state index is -0.381. The van der Waals surface area contributed by atoms with Gasteiger partial charge in [-0.25, -0.2) is 4.98 Å². The molecule has 7 nitrogen and oxygen atoms in total. The Balaban J connectivity index is 1.68. The molecule has 0 bridgehead atoms. The number of aromatic nitrogens is 2. The number of para-hydroxylation sites is 2. The molecule has 3 aromatic rings. The maximum absolute atomic E-state index is 13.1. The third-order valence-electron chi connectivity index (χ3n) is 4.85. The first-order valence-electron chi connectivity index (χ1n) is 9.88. The maximum Gasteiger partial charge on any atom is 0.290 e. The van der Waals surface area contributed by atoms with Crippen molar-refractivity contribution < 1.29 is 14.3 Å². The fourth-order valence-electron chi connectivity index (χ4n) is 3.53. The number of fused-ring (bicyclic) bond motifs is 1. The summed E-state index contributed by atoms with van der Waals surface area (Å²) in [6.45, 7) is 5.31. The average molecular weight is 392 g/mol. The zero-order valence-corrected chi connectivity index (χ0v) is 16.6. The molecule has 0 atom stereocenters. The van der Waals surface area contributed by atoms with Crippen molar-refractivity contribution in [1.29, 1.82) is 0 Å². The first kappa shape index (κ1) is 19.0. The van der Waals surface area contributed by atoms with E-state index in [0.29, 0.717) is 17.0 Å². The van der Waals surface area contributed by atoms with Crippen molar-refractivity contribution in [2.45, 2.75) is 32.8 Å². The Morgan fingerprint density at radius 1 is 1.07 bits per heavy atom. The van der Waals surface area contributed by atoms with E-state index in [-0.39, 0.29) is 29.4 Å². The molecule has 29 heavy (non-hydrogen) atoms. The maximum atomic E-state index is 13.1. The van der Waals surface area contributed by atoms with Crippen LogP contribution >= 0.6 is 0 Å². The molecule has 1 saturated heterocycles. The van der Waals surface area contributed by atoms with E-state index >= 15 is 0 Å². The van der Waals surface area contributed by atoms with Crippen LogP contribution < -0.4 is 10.1 Å². The van der Waals surface area contributed by atoms with Gasteiger partial charge in [0.05, 0.1) is 17.3 Å². The molecule has 0 saturated carbocycles. The Bertz CT molecular complexity index is 1050. The Morgan fingerprint density at radius 2 is 1.79 bits per heavy atom. The van der Waals surface area contributed by atoms with Gasteiger partial charge in [-0.1, -0.05) is 18.2 Å². The van der Waals surface area contributed by atoms with Crippen molar-refractivity contribution >= 4 is 23.0 Å². The molecule has 2 amide bonds. The van der Waals surface area contributed by atoms with E-state index in [1.54, 1.807) is 27.6 Å². The molecule has 2 aromatic heterocycles. The quantitative estimate of drug-likeness (QED) is 0.720. The van der Waals surface area contributed by atoms with Gasteiger partial charge >= 0.3 is 0 Å². The first-order valence-corrected chi connectivity index (χ1v) is 9.88. The van der Waals surface area contributed by atoms with Crippen LogP contribution in [0.3, 0.4) is 0 Å². The number of imidazole rings is 1. The van der Waals surface area contributed by atoms with Gasteiger partial charge in [-0.15, -0.1) is 0 Å². The Labute approximate surface area is 169 Å². The molecule has 1 aliphatic heterocycles. The van der Waals surface area contributed by atoms with Crippen molar-refractivity contribution in [3.05, 3.63) is 60.2 Å². The van der Waals surface area contributed by atoms with Gasteiger partial charge in [-0.05, 0) is 51.0 Å². The molecule has 1 fully saturated rings. The lowest BCUT2D eigenvalue weighted by molar-refractivity contribution is 0.0780. The number of benzene rings is 1. The second-order valence-electron chi connectivity index (χ2n) is 7.36. The number of amides is 2. The molecule has 0 spiro atoms. The summed E-state index contributed by atoms with van der Waals surface area (Å²) >= 11 is 0. The van der Waals surface area contributed by atoms with Gasteiger partial charge in [0.1, 0.15) is 5.75 Å². The Morgan fingerprint density at radius 3 is 2.55 bits per heavy atom. The molecular weight excluding hydrogens is 368 g/mol. The SMILES string of the molecule is CC(C)Oc1ccccc1NC(=O)c1nc(C(=O)N2CCCC2)n2ccccc12. The lowest BCUT2D eigenvalue weighted by Gasteiger charge is -2.14. The van der Waals surface area contributed by atoms with E-state index in [4.69, 9.17) is 4.74 Å². The molecule has 1 N–H and O–H groups in total. The number of ether oxygens (including phenoxy) is 1. The van der Waals surface area contributed by atoms with Crippen molar-refractivity contribution in [2.24, 2.45) is 0 Å². The molecule has 4 rings (SSSR count). The monoisotopic (exact) mass is 392 g/mol. The number of hydrogen-bond donors (Lipinski definition) is 1. The third-order valence-corrected chi connectivity index (χ3v) is 4.85. The summed E-state index contributed by atoms with van der Waals surface area (Å²) in [5.41, 5.74) is 1.37. The van der Waals surface area contributed by atoms with Crippen molar-refractivity contribution in [3.63, 3.8) is 0 Å². The van der Waals surface area contributed by atoms with Crippen LogP contribution in [0.1, 0.15) is 47.8 Å². The van der Waals surface area contributed by atoms with E-state index in [1.165, 1.54) is 0 Å². The molecule has 7 heteroatoms. The number of likely N-dealkylation sites (tertiary alicyclic amines) is 1. The highest BCUT2D eigenvalue weighted by atomic mass is 16.5. The number of carbonyl (C=O) groups excluding carboxylic acids is 2. The van der Waals surface area contributed by atoms with Crippen LogP contribution in [0.4, 0.5) is 5.69 Å². The summed E-state index contributed by atoms with van der Waals surface area (Å²) < 4.78 is 7.47. The van der Waals surface area contributed by atoms with Crippen LogP contribution in [0.25, 0.3) is 5.52 Å². The Hall–Kier alpha value is -3.35. The lowest BCUT2D eigenvalue weighted by Crippen LogP contribution is -2.29. The molecule has 1 aromatic carbocycles. The van der Waals surface area contributed by atoms with Gasteiger partial charge < -0.3 is 15.0 Å². The summed E-state index contributed by atoms with van der Waals surface area (Å²) in [4.78, 5) is 32.2. The topological polar surface area (TPSA) is 75.9 Å². The van der Waals surface area contributed by atoms with Crippen LogP contribution in [-0.2, 0) is 0 Å². The smallest absolute Gasteiger partial charge is 0.290 e. The first-order chi connectivity index (χ1) is 14.0. The fourth-order valence-corrected chi connectivity index (χ4v) is 3.53. The molecular formula is C22H24N4O3. The van der Waals surface area contributed by atoms with Gasteiger partial charge in [0.2, 0.25) is 5.82 Å². The zero-order valence-electron chi connectivity index (χ0n) is 16.6. The predicted molar refractivity (Wildman–Crippen MR) is 110 cm³/mol.